The fraction of sp³-hybridized carbons (Fsp3) is 0.286. The SMILES string of the molecule is NS(=O)(=O)N1CCCC1c1cc(F)cc(-c2cn(-c3ccc(N4CCNCC4)cc3F)nc2-c2ccncc2)c1F. The van der Waals surface area contributed by atoms with Gasteiger partial charge in [-0.3, -0.25) is 4.98 Å². The van der Waals surface area contributed by atoms with Crippen molar-refractivity contribution in [2.75, 3.05) is 37.6 Å². The Morgan fingerprint density at radius 1 is 0.951 bits per heavy atom. The van der Waals surface area contributed by atoms with Crippen molar-refractivity contribution in [3.8, 4) is 28.1 Å². The Bertz CT molecular complexity index is 1690. The number of nitrogens with two attached hydrogens (primary N) is 1. The minimum atomic E-state index is -4.13. The van der Waals surface area contributed by atoms with Crippen LogP contribution in [0.1, 0.15) is 24.4 Å². The van der Waals surface area contributed by atoms with Gasteiger partial charge in [-0.1, -0.05) is 0 Å². The van der Waals surface area contributed by atoms with E-state index in [0.717, 1.165) is 48.3 Å². The third-order valence-corrected chi connectivity index (χ3v) is 8.66. The fourth-order valence-corrected chi connectivity index (χ4v) is 6.58. The first-order chi connectivity index (χ1) is 19.7. The van der Waals surface area contributed by atoms with E-state index in [1.807, 2.05) is 0 Å². The number of hydrogen-bond donors (Lipinski definition) is 2. The number of benzene rings is 2. The van der Waals surface area contributed by atoms with Gasteiger partial charge in [0.2, 0.25) is 0 Å². The molecule has 0 amide bonds. The molecule has 0 spiro atoms. The number of aromatic nitrogens is 3. The Balaban J connectivity index is 1.47. The zero-order valence-corrected chi connectivity index (χ0v) is 22.8. The predicted octanol–water partition coefficient (Wildman–Crippen LogP) is 3.77. The molecule has 2 aliphatic rings. The Hall–Kier alpha value is -3.78. The van der Waals surface area contributed by atoms with E-state index in [2.05, 4.69) is 20.3 Å². The summed E-state index contributed by atoms with van der Waals surface area (Å²) in [6.07, 6.45) is 5.27. The van der Waals surface area contributed by atoms with E-state index in [4.69, 9.17) is 5.14 Å². The molecule has 0 bridgehead atoms. The standard InChI is InChI=1S/C28H28F3N7O2S/c29-19-14-21(27(31)22(15-19)25-2-1-11-38(25)41(32,39)40)23-17-37(35-28(23)18-5-7-33-8-6-18)26-4-3-20(16-24(26)30)36-12-9-34-10-13-36/h3-8,14-17,25,34H,1-2,9-13H2,(H2,32,39,40). The Kier molecular flexibility index (Phi) is 7.28. The van der Waals surface area contributed by atoms with Gasteiger partial charge < -0.3 is 10.2 Å². The molecule has 3 N–H and O–H groups in total. The summed E-state index contributed by atoms with van der Waals surface area (Å²) in [4.78, 5) is 6.10. The van der Waals surface area contributed by atoms with Crippen LogP contribution in [0.3, 0.4) is 0 Å². The van der Waals surface area contributed by atoms with Crippen LogP contribution in [0.4, 0.5) is 18.9 Å². The summed E-state index contributed by atoms with van der Waals surface area (Å²) in [5.74, 6) is -2.07. The number of anilines is 1. The van der Waals surface area contributed by atoms with Gasteiger partial charge >= 0.3 is 0 Å². The van der Waals surface area contributed by atoms with E-state index >= 15 is 13.2 Å². The third-order valence-electron chi connectivity index (χ3n) is 7.57. The maximum absolute atomic E-state index is 16.2. The fourth-order valence-electron chi connectivity index (χ4n) is 5.62. The predicted molar refractivity (Wildman–Crippen MR) is 149 cm³/mol. The molecular formula is C28H28F3N7O2S. The Labute approximate surface area is 235 Å². The zero-order valence-electron chi connectivity index (χ0n) is 22.0. The summed E-state index contributed by atoms with van der Waals surface area (Å²) >= 11 is 0. The van der Waals surface area contributed by atoms with Crippen molar-refractivity contribution < 1.29 is 21.6 Å². The van der Waals surface area contributed by atoms with Crippen LogP contribution in [0.2, 0.25) is 0 Å². The van der Waals surface area contributed by atoms with Gasteiger partial charge in [-0.15, -0.1) is 0 Å². The van der Waals surface area contributed by atoms with Gasteiger partial charge in [0.1, 0.15) is 23.0 Å². The molecule has 0 aliphatic carbocycles. The van der Waals surface area contributed by atoms with Crippen LogP contribution in [0.25, 0.3) is 28.1 Å². The van der Waals surface area contributed by atoms with Crippen LogP contribution in [0.5, 0.6) is 0 Å². The zero-order chi connectivity index (χ0) is 28.7. The van der Waals surface area contributed by atoms with E-state index in [1.165, 1.54) is 29.3 Å². The molecule has 0 radical (unpaired) electrons. The van der Waals surface area contributed by atoms with Gasteiger partial charge in [0.15, 0.2) is 5.82 Å². The van der Waals surface area contributed by atoms with Crippen LogP contribution in [0, 0.1) is 17.5 Å². The van der Waals surface area contributed by atoms with Crippen molar-refractivity contribution in [3.05, 3.63) is 84.1 Å². The van der Waals surface area contributed by atoms with Crippen molar-refractivity contribution in [3.63, 3.8) is 0 Å². The van der Waals surface area contributed by atoms with Crippen molar-refractivity contribution >= 4 is 15.9 Å². The molecule has 2 aromatic carbocycles. The molecular weight excluding hydrogens is 555 g/mol. The minimum Gasteiger partial charge on any atom is -0.369 e. The molecule has 9 nitrogen and oxygen atoms in total. The first-order valence-corrected chi connectivity index (χ1v) is 14.8. The second-order valence-corrected chi connectivity index (χ2v) is 11.6. The lowest BCUT2D eigenvalue weighted by molar-refractivity contribution is 0.385. The molecule has 13 heteroatoms. The summed E-state index contributed by atoms with van der Waals surface area (Å²) in [5, 5.41) is 13.2. The highest BCUT2D eigenvalue weighted by atomic mass is 32.2. The Morgan fingerprint density at radius 3 is 2.41 bits per heavy atom. The average molecular weight is 584 g/mol. The number of piperazine rings is 1. The van der Waals surface area contributed by atoms with Crippen LogP contribution >= 0.6 is 0 Å². The largest absolute Gasteiger partial charge is 0.369 e. The summed E-state index contributed by atoms with van der Waals surface area (Å²) in [7, 11) is -4.13. The average Bonchev–Trinajstić information content (AvgIpc) is 3.63. The monoisotopic (exact) mass is 583 g/mol. The molecule has 1 atom stereocenters. The maximum Gasteiger partial charge on any atom is 0.277 e. The lowest BCUT2D eigenvalue weighted by Gasteiger charge is -2.29. The highest BCUT2D eigenvalue weighted by Gasteiger charge is 2.36. The van der Waals surface area contributed by atoms with Gasteiger partial charge in [0.05, 0.1) is 6.04 Å². The van der Waals surface area contributed by atoms with Crippen LogP contribution < -0.4 is 15.4 Å². The van der Waals surface area contributed by atoms with Gasteiger partial charge in [0, 0.05) is 79.3 Å². The number of nitrogens with zero attached hydrogens (tertiary/aromatic N) is 5. The molecule has 4 heterocycles. The number of pyridine rings is 1. The lowest BCUT2D eigenvalue weighted by atomic mass is 9.96. The van der Waals surface area contributed by atoms with Gasteiger partial charge in [0.25, 0.3) is 10.2 Å². The summed E-state index contributed by atoms with van der Waals surface area (Å²) in [6, 6.07) is 9.26. The van der Waals surface area contributed by atoms with E-state index in [-0.39, 0.29) is 41.0 Å². The molecule has 1 unspecified atom stereocenters. The lowest BCUT2D eigenvalue weighted by Crippen LogP contribution is -2.43. The van der Waals surface area contributed by atoms with Crippen molar-refractivity contribution in [1.82, 2.24) is 24.4 Å². The maximum atomic E-state index is 16.2. The highest BCUT2D eigenvalue weighted by molar-refractivity contribution is 7.86. The molecule has 2 aromatic heterocycles. The number of nitrogens with one attached hydrogen (secondary N) is 1. The summed E-state index contributed by atoms with van der Waals surface area (Å²) in [5.41, 5.74) is 1.68. The molecule has 41 heavy (non-hydrogen) atoms. The number of hydrogen-bond acceptors (Lipinski definition) is 6. The molecule has 214 valence electrons. The van der Waals surface area contributed by atoms with E-state index in [9.17, 15) is 8.42 Å². The van der Waals surface area contributed by atoms with Gasteiger partial charge in [-0.25, -0.2) is 23.0 Å². The Morgan fingerprint density at radius 2 is 1.71 bits per heavy atom. The molecule has 0 saturated carbocycles. The van der Waals surface area contributed by atoms with Crippen LogP contribution in [-0.2, 0) is 10.2 Å². The van der Waals surface area contributed by atoms with Crippen molar-refractivity contribution in [2.45, 2.75) is 18.9 Å². The minimum absolute atomic E-state index is 0.109. The van der Waals surface area contributed by atoms with Gasteiger partial charge in [-0.05, 0) is 55.3 Å². The molecule has 2 fully saturated rings. The first-order valence-electron chi connectivity index (χ1n) is 13.3. The van der Waals surface area contributed by atoms with Crippen LogP contribution in [-0.4, -0.2) is 60.2 Å². The van der Waals surface area contributed by atoms with Crippen molar-refractivity contribution in [1.29, 1.82) is 0 Å². The normalized spacial score (nSPS) is 18.2. The van der Waals surface area contributed by atoms with E-state index in [1.54, 1.807) is 24.3 Å². The third kappa shape index (κ3) is 5.33. The quantitative estimate of drug-likeness (QED) is 0.358. The van der Waals surface area contributed by atoms with Crippen LogP contribution in [0.15, 0.2) is 61.1 Å². The number of halogens is 3. The molecule has 2 saturated heterocycles. The summed E-state index contributed by atoms with van der Waals surface area (Å²) in [6.45, 7) is 3.22. The smallest absolute Gasteiger partial charge is 0.277 e. The van der Waals surface area contributed by atoms with E-state index < -0.39 is 33.7 Å². The second-order valence-electron chi connectivity index (χ2n) is 10.1. The molecule has 4 aromatic rings. The summed E-state index contributed by atoms with van der Waals surface area (Å²) < 4.78 is 73.4. The first kappa shape index (κ1) is 27.4. The molecule has 6 rings (SSSR count). The number of rotatable bonds is 6. The second kappa shape index (κ2) is 10.9. The highest BCUT2D eigenvalue weighted by Crippen LogP contribution is 2.40. The van der Waals surface area contributed by atoms with Crippen molar-refractivity contribution in [2.24, 2.45) is 5.14 Å². The molecule has 2 aliphatic heterocycles. The van der Waals surface area contributed by atoms with Gasteiger partial charge in [-0.2, -0.15) is 17.8 Å². The topological polar surface area (TPSA) is 109 Å². The van der Waals surface area contributed by atoms with E-state index in [0.29, 0.717) is 12.0 Å².